The highest BCUT2D eigenvalue weighted by atomic mass is 32.1. The maximum absolute atomic E-state index is 15.6. The van der Waals surface area contributed by atoms with Crippen molar-refractivity contribution in [1.82, 2.24) is 14.8 Å². The lowest BCUT2D eigenvalue weighted by molar-refractivity contribution is -0.160. The number of hydrogen-bond donors (Lipinski definition) is 1. The number of carbonyl (C=O) groups is 3. The second-order valence-electron chi connectivity index (χ2n) is 15.9. The summed E-state index contributed by atoms with van der Waals surface area (Å²) in [6.07, 6.45) is -5.90. The van der Waals surface area contributed by atoms with Crippen molar-refractivity contribution in [3.8, 4) is 17.6 Å². The van der Waals surface area contributed by atoms with E-state index < -0.39 is 74.6 Å². The summed E-state index contributed by atoms with van der Waals surface area (Å²) in [5, 5.41) is 21.6. The summed E-state index contributed by atoms with van der Waals surface area (Å²) < 4.78 is 112. The number of aryl methyl sites for hydroxylation is 1. The molecule has 3 fully saturated rings. The van der Waals surface area contributed by atoms with Crippen LogP contribution in [-0.2, 0) is 27.4 Å². The Morgan fingerprint density at radius 2 is 1.73 bits per heavy atom. The topological polar surface area (TPSA) is 133 Å². The molecule has 324 valence electrons. The third-order valence-corrected chi connectivity index (χ3v) is 13.2. The number of carboxylic acids is 1. The Labute approximate surface area is 346 Å². The van der Waals surface area contributed by atoms with Crippen molar-refractivity contribution in [3.05, 3.63) is 75.0 Å². The van der Waals surface area contributed by atoms with Crippen molar-refractivity contribution >= 4 is 29.1 Å². The summed E-state index contributed by atoms with van der Waals surface area (Å²) >= 11 is 0.337. The van der Waals surface area contributed by atoms with Gasteiger partial charge in [-0.3, -0.25) is 19.4 Å². The molecular formula is C42H45F7N4O6S. The number of alkyl halides is 6. The van der Waals surface area contributed by atoms with E-state index in [-0.39, 0.29) is 75.4 Å². The van der Waals surface area contributed by atoms with Gasteiger partial charge in [-0.05, 0) is 82.1 Å². The Morgan fingerprint density at radius 1 is 1.02 bits per heavy atom. The van der Waals surface area contributed by atoms with Gasteiger partial charge < -0.3 is 24.4 Å². The first-order chi connectivity index (χ1) is 28.3. The van der Waals surface area contributed by atoms with Gasteiger partial charge in [-0.1, -0.05) is 25.8 Å². The lowest BCUT2D eigenvalue weighted by Gasteiger charge is -2.51. The van der Waals surface area contributed by atoms with Gasteiger partial charge in [-0.2, -0.15) is 31.6 Å². The number of thiophene rings is 1. The number of aliphatic carboxylic acids is 1. The van der Waals surface area contributed by atoms with Crippen LogP contribution < -0.4 is 9.47 Å². The largest absolute Gasteiger partial charge is 0.490 e. The van der Waals surface area contributed by atoms with Gasteiger partial charge in [-0.25, -0.2) is 4.39 Å². The first-order valence-corrected chi connectivity index (χ1v) is 20.7. The molecule has 1 aliphatic carbocycles. The maximum atomic E-state index is 15.6. The normalized spacial score (nSPS) is 21.4. The minimum Gasteiger partial charge on any atom is -0.490 e. The van der Waals surface area contributed by atoms with E-state index in [1.165, 1.54) is 17.0 Å². The number of rotatable bonds is 13. The Kier molecular flexibility index (Phi) is 12.8. The third kappa shape index (κ3) is 8.51. The molecule has 1 N–H and O–H groups in total. The number of benzene rings is 1. The van der Waals surface area contributed by atoms with Crippen molar-refractivity contribution < 1.29 is 59.7 Å². The molecule has 10 nitrogen and oxygen atoms in total. The molecule has 2 amide bonds. The second kappa shape index (κ2) is 17.2. The average molecular weight is 867 g/mol. The molecule has 18 heteroatoms. The fraction of sp³-hybridized carbons (Fsp3) is 0.548. The van der Waals surface area contributed by atoms with E-state index in [1.807, 2.05) is 0 Å². The molecule has 3 aromatic rings. The quantitative estimate of drug-likeness (QED) is 0.133. The Balaban J connectivity index is 1.32. The molecule has 4 heterocycles. The Hall–Kier alpha value is -4.92. The smallest absolute Gasteiger partial charge is 0.425 e. The zero-order valence-electron chi connectivity index (χ0n) is 33.1. The van der Waals surface area contributed by atoms with Crippen LogP contribution in [0.15, 0.2) is 41.9 Å². The lowest BCUT2D eigenvalue weighted by Crippen LogP contribution is -2.68. The standard InChI is InChI=1S/C42H45F7N4O6S/c1-3-8-30-40(59-27-23-31(60-24-27)42(47,48)49,15-6-19-53(30)35(54)33-28(41(44,45)46)9-4-18-51-33)36(55)52-20-16-39(25-50,17-21-52)32-26(2)10-11-29(43)34(32)58-22-7-14-38(37(56)57)12-5-13-38/h4,9-11,18,23-24,30H,3,5-8,12-17,19-22H2,1-2H3,(H,56,57). The summed E-state index contributed by atoms with van der Waals surface area (Å²) in [5.41, 5.74) is -5.63. The number of ether oxygens (including phenoxy) is 2. The molecule has 2 saturated heterocycles. The SMILES string of the molecule is CCCC1N(C(=O)c2ncccc2C(F)(F)F)CCCC1(Oc1csc(C(F)(F)F)c1)C(=O)N1CCC(C#N)(c2c(C)ccc(F)c2OCCCC2(C(=O)O)CCC2)CC1. The maximum Gasteiger partial charge on any atom is 0.425 e. The molecule has 0 spiro atoms. The van der Waals surface area contributed by atoms with Crippen LogP contribution in [0.5, 0.6) is 11.5 Å². The molecule has 1 aromatic carbocycles. The molecule has 2 aromatic heterocycles. The molecule has 3 aliphatic rings. The zero-order valence-corrected chi connectivity index (χ0v) is 33.9. The number of halogens is 7. The van der Waals surface area contributed by atoms with Crippen LogP contribution in [0.4, 0.5) is 30.7 Å². The molecule has 2 atom stereocenters. The number of aromatic nitrogens is 1. The Morgan fingerprint density at radius 3 is 2.32 bits per heavy atom. The van der Waals surface area contributed by atoms with Gasteiger partial charge >= 0.3 is 18.3 Å². The monoisotopic (exact) mass is 866 g/mol. The lowest BCUT2D eigenvalue weighted by atomic mass is 9.66. The predicted molar refractivity (Wildman–Crippen MR) is 204 cm³/mol. The third-order valence-electron chi connectivity index (χ3n) is 12.2. The first-order valence-electron chi connectivity index (χ1n) is 19.9. The minimum absolute atomic E-state index is 0.00990. The number of nitrogens with zero attached hydrogens (tertiary/aromatic N) is 4. The van der Waals surface area contributed by atoms with E-state index in [9.17, 15) is 46.3 Å². The molecule has 0 radical (unpaired) electrons. The van der Waals surface area contributed by atoms with Gasteiger partial charge in [0.25, 0.3) is 11.8 Å². The fourth-order valence-electron chi connectivity index (χ4n) is 9.00. The van der Waals surface area contributed by atoms with Crippen molar-refractivity contribution in [2.75, 3.05) is 26.2 Å². The van der Waals surface area contributed by atoms with E-state index in [1.54, 1.807) is 13.8 Å². The highest BCUT2D eigenvalue weighted by Gasteiger charge is 2.57. The fourth-order valence-corrected chi connectivity index (χ4v) is 9.68. The van der Waals surface area contributed by atoms with Crippen molar-refractivity contribution in [2.45, 2.75) is 114 Å². The number of carboxylic acid groups (broad SMARTS) is 1. The van der Waals surface area contributed by atoms with Gasteiger partial charge in [0.2, 0.25) is 5.60 Å². The number of carbonyl (C=O) groups excluding carboxylic acids is 2. The average Bonchev–Trinajstić information content (AvgIpc) is 3.67. The van der Waals surface area contributed by atoms with Crippen molar-refractivity contribution in [3.63, 3.8) is 0 Å². The van der Waals surface area contributed by atoms with Crippen LogP contribution in [0.3, 0.4) is 0 Å². The molecular weight excluding hydrogens is 822 g/mol. The van der Waals surface area contributed by atoms with Gasteiger partial charge in [0.1, 0.15) is 16.3 Å². The van der Waals surface area contributed by atoms with Gasteiger partial charge in [0.05, 0.1) is 35.1 Å². The molecule has 60 heavy (non-hydrogen) atoms. The molecule has 2 aliphatic heterocycles. The number of hydrogen-bond acceptors (Lipinski definition) is 8. The van der Waals surface area contributed by atoms with E-state index in [2.05, 4.69) is 11.1 Å². The molecule has 2 unspecified atom stereocenters. The first kappa shape index (κ1) is 44.6. The van der Waals surface area contributed by atoms with Crippen LogP contribution in [0.2, 0.25) is 0 Å². The van der Waals surface area contributed by atoms with E-state index >= 15 is 9.18 Å². The van der Waals surface area contributed by atoms with Crippen LogP contribution in [0, 0.1) is 29.5 Å². The number of pyridine rings is 1. The number of nitriles is 1. The highest BCUT2D eigenvalue weighted by molar-refractivity contribution is 7.10. The van der Waals surface area contributed by atoms with Gasteiger partial charge in [0.15, 0.2) is 11.6 Å². The summed E-state index contributed by atoms with van der Waals surface area (Å²) in [6, 6.07) is 6.30. The van der Waals surface area contributed by atoms with E-state index in [4.69, 9.17) is 9.47 Å². The van der Waals surface area contributed by atoms with E-state index in [0.717, 1.165) is 35.0 Å². The van der Waals surface area contributed by atoms with E-state index in [0.29, 0.717) is 55.1 Å². The summed E-state index contributed by atoms with van der Waals surface area (Å²) in [4.78, 5) is 46.3. The van der Waals surface area contributed by atoms with Crippen LogP contribution in [0.25, 0.3) is 0 Å². The van der Waals surface area contributed by atoms with Crippen LogP contribution >= 0.6 is 11.3 Å². The number of likely N-dealkylation sites (tertiary alicyclic amines) is 2. The molecule has 0 bridgehead atoms. The van der Waals surface area contributed by atoms with Gasteiger partial charge in [-0.15, -0.1) is 11.3 Å². The minimum atomic E-state index is -4.95. The number of piperidine rings is 2. The summed E-state index contributed by atoms with van der Waals surface area (Å²) in [6.45, 7) is 3.09. The second-order valence-corrected chi connectivity index (χ2v) is 16.8. The zero-order chi connectivity index (χ0) is 43.7. The summed E-state index contributed by atoms with van der Waals surface area (Å²) in [7, 11) is 0. The molecule has 1 saturated carbocycles. The van der Waals surface area contributed by atoms with Crippen LogP contribution in [0.1, 0.15) is 110 Å². The van der Waals surface area contributed by atoms with Crippen molar-refractivity contribution in [1.29, 1.82) is 5.26 Å². The van der Waals surface area contributed by atoms with Gasteiger partial charge in [0, 0.05) is 49.3 Å². The Bertz CT molecular complexity index is 2120. The summed E-state index contributed by atoms with van der Waals surface area (Å²) in [5.74, 6) is -3.91. The highest BCUT2D eigenvalue weighted by Crippen LogP contribution is 2.48. The molecule has 6 rings (SSSR count). The predicted octanol–water partition coefficient (Wildman–Crippen LogP) is 9.35. The van der Waals surface area contributed by atoms with Crippen molar-refractivity contribution in [2.24, 2.45) is 5.41 Å². The van der Waals surface area contributed by atoms with Crippen LogP contribution in [-0.4, -0.2) is 75.6 Å². The number of amides is 2.